The summed E-state index contributed by atoms with van der Waals surface area (Å²) in [4.78, 5) is 42.4. The molecule has 3 aromatic carbocycles. The maximum atomic E-state index is 12.3. The number of H-pyrrole nitrogens is 2. The zero-order valence-electron chi connectivity index (χ0n) is 24.3. The van der Waals surface area contributed by atoms with E-state index in [1.807, 2.05) is 48.5 Å². The number of rotatable bonds is 4. The second-order valence-corrected chi connectivity index (χ2v) is 11.3. The Labute approximate surface area is 248 Å². The van der Waals surface area contributed by atoms with Crippen LogP contribution in [0.5, 0.6) is 0 Å². The van der Waals surface area contributed by atoms with Crippen molar-refractivity contribution in [3.63, 3.8) is 0 Å². The number of carbonyl (C=O) groups excluding carboxylic acids is 3. The van der Waals surface area contributed by atoms with Gasteiger partial charge in [-0.1, -0.05) is 36.4 Å². The van der Waals surface area contributed by atoms with Gasteiger partial charge in [-0.25, -0.2) is 4.79 Å². The molecule has 7 rings (SSSR count). The van der Waals surface area contributed by atoms with Crippen LogP contribution in [0.15, 0.2) is 60.7 Å². The highest BCUT2D eigenvalue weighted by atomic mass is 16.5. The van der Waals surface area contributed by atoms with Gasteiger partial charge in [-0.05, 0) is 53.8 Å². The van der Waals surface area contributed by atoms with E-state index >= 15 is 0 Å². The summed E-state index contributed by atoms with van der Waals surface area (Å²) in [5.74, 6) is -0.517. The zero-order chi connectivity index (χ0) is 30.3. The number of hydrogen-bond acceptors (Lipinski definition) is 5. The fourth-order valence-corrected chi connectivity index (χ4v) is 6.04. The maximum absolute atomic E-state index is 12.3. The third-order valence-corrected chi connectivity index (χ3v) is 7.86. The molecule has 2 aliphatic heterocycles. The van der Waals surface area contributed by atoms with Gasteiger partial charge in [0.25, 0.3) is 11.8 Å². The van der Waals surface area contributed by atoms with E-state index in [4.69, 9.17) is 4.74 Å². The van der Waals surface area contributed by atoms with Crippen molar-refractivity contribution in [1.29, 1.82) is 0 Å². The summed E-state index contributed by atoms with van der Waals surface area (Å²) >= 11 is 0. The van der Waals surface area contributed by atoms with Crippen molar-refractivity contribution >= 4 is 39.6 Å². The summed E-state index contributed by atoms with van der Waals surface area (Å²) in [7, 11) is 4.64. The van der Waals surface area contributed by atoms with Crippen molar-refractivity contribution in [2.75, 3.05) is 34.3 Å². The first-order valence-corrected chi connectivity index (χ1v) is 14.2. The lowest BCUT2D eigenvalue weighted by atomic mass is 10.00. The predicted octanol–water partition coefficient (Wildman–Crippen LogP) is 4.44. The number of hydrogen-bond donors (Lipinski definition) is 4. The quantitative estimate of drug-likeness (QED) is 0.142. The second kappa shape index (κ2) is 11.0. The Balaban J connectivity index is 0.000000162. The molecule has 2 amide bonds. The summed E-state index contributed by atoms with van der Waals surface area (Å²) in [5.41, 5.74) is 8.73. The van der Waals surface area contributed by atoms with Gasteiger partial charge in [-0.15, -0.1) is 0 Å². The van der Waals surface area contributed by atoms with E-state index in [1.54, 1.807) is 26.2 Å². The number of methoxy groups -OCH3 is 1. The molecular weight excluding hydrogens is 546 g/mol. The molecule has 0 saturated carbocycles. The predicted molar refractivity (Wildman–Crippen MR) is 165 cm³/mol. The van der Waals surface area contributed by atoms with Gasteiger partial charge < -0.3 is 35.2 Å². The fraction of sp³-hybridized carbons (Fsp3) is 0.242. The molecule has 10 nitrogen and oxygen atoms in total. The molecule has 2 aromatic heterocycles. The monoisotopic (exact) mass is 579 g/mol. The Bertz CT molecular complexity index is 1880. The van der Waals surface area contributed by atoms with E-state index in [9.17, 15) is 19.6 Å². The normalized spacial score (nSPS) is 14.3. The lowest BCUT2D eigenvalue weighted by molar-refractivity contribution is -0.853. The van der Waals surface area contributed by atoms with Crippen LogP contribution in [0.3, 0.4) is 0 Å². The minimum atomic E-state index is -0.401. The van der Waals surface area contributed by atoms with Gasteiger partial charge in [0.05, 0.1) is 21.2 Å². The molecule has 220 valence electrons. The Morgan fingerprint density at radius 2 is 1.37 bits per heavy atom. The zero-order valence-corrected chi connectivity index (χ0v) is 24.3. The van der Waals surface area contributed by atoms with E-state index in [1.165, 1.54) is 12.7 Å². The molecule has 0 bridgehead atoms. The highest BCUT2D eigenvalue weighted by Crippen LogP contribution is 2.34. The van der Waals surface area contributed by atoms with Crippen LogP contribution in [0.25, 0.3) is 33.1 Å². The first kappa shape index (κ1) is 28.2. The maximum Gasteiger partial charge on any atom is 0.354 e. The largest absolute Gasteiger partial charge is 0.633 e. The molecule has 4 heterocycles. The first-order valence-electron chi connectivity index (χ1n) is 14.2. The van der Waals surface area contributed by atoms with Crippen LogP contribution in [-0.2, 0) is 24.1 Å². The molecule has 5 aromatic rings. The molecule has 0 fully saturated rings. The average Bonchev–Trinajstić information content (AvgIpc) is 3.43. The molecular formula is C33H33N5O5. The number of hydroxylamine groups is 3. The van der Waals surface area contributed by atoms with Gasteiger partial charge in [0, 0.05) is 57.3 Å². The van der Waals surface area contributed by atoms with Crippen molar-refractivity contribution in [3.05, 3.63) is 99.4 Å². The van der Waals surface area contributed by atoms with Crippen LogP contribution >= 0.6 is 0 Å². The number of nitrogens with zero attached hydrogens (tertiary/aromatic N) is 1. The third kappa shape index (κ3) is 5.38. The minimum Gasteiger partial charge on any atom is -0.633 e. The number of esters is 1. The van der Waals surface area contributed by atoms with Gasteiger partial charge in [-0.3, -0.25) is 9.59 Å². The van der Waals surface area contributed by atoms with Gasteiger partial charge in [0.2, 0.25) is 0 Å². The van der Waals surface area contributed by atoms with Crippen molar-refractivity contribution in [3.8, 4) is 11.3 Å². The minimum absolute atomic E-state index is 0.0132. The Morgan fingerprint density at radius 3 is 1.95 bits per heavy atom. The van der Waals surface area contributed by atoms with Gasteiger partial charge in [-0.2, -0.15) is 0 Å². The van der Waals surface area contributed by atoms with Gasteiger partial charge in [0.1, 0.15) is 12.2 Å². The summed E-state index contributed by atoms with van der Waals surface area (Å²) in [5, 5.41) is 19.5. The molecule has 10 heteroatoms. The summed E-state index contributed by atoms with van der Waals surface area (Å²) in [6, 6.07) is 19.3. The molecule has 0 radical (unpaired) electrons. The number of amides is 2. The van der Waals surface area contributed by atoms with E-state index in [0.29, 0.717) is 37.3 Å². The Morgan fingerprint density at radius 1 is 0.814 bits per heavy atom. The molecule has 0 atom stereocenters. The molecule has 0 spiro atoms. The van der Waals surface area contributed by atoms with Crippen molar-refractivity contribution in [1.82, 2.24) is 20.6 Å². The molecule has 43 heavy (non-hydrogen) atoms. The highest BCUT2D eigenvalue weighted by Gasteiger charge is 2.25. The lowest BCUT2D eigenvalue weighted by Crippen LogP contribution is -2.30. The van der Waals surface area contributed by atoms with E-state index < -0.39 is 5.97 Å². The van der Waals surface area contributed by atoms with Crippen LogP contribution in [0.4, 0.5) is 0 Å². The molecule has 2 aliphatic rings. The molecule has 0 saturated heterocycles. The van der Waals surface area contributed by atoms with Crippen molar-refractivity contribution in [2.24, 2.45) is 0 Å². The molecule has 0 unspecified atom stereocenters. The SMILES string of the molecule is COC(=O)c1[nH]c2cccc3c2c1CCNC3=O.C[N+](C)([O-])Cc1ccc(-c2[nH]c3cccc4c3c2CCNC4=O)cc1. The number of nitrogens with one attached hydrogen (secondary N) is 4. The fourth-order valence-electron chi connectivity index (χ4n) is 6.04. The molecule has 4 N–H and O–H groups in total. The van der Waals surface area contributed by atoms with E-state index in [-0.39, 0.29) is 16.5 Å². The summed E-state index contributed by atoms with van der Waals surface area (Å²) < 4.78 is 4.43. The standard InChI is InChI=1S/C20H21N3O2.C13H12N2O3/c1-23(2,25)12-13-6-8-14(9-7-13)19-15-10-11-21-20(24)16-4-3-5-17(22-19)18(15)16;1-18-13(17)11-7-5-6-14-12(16)8-3-2-4-9(15-11)10(7)8/h3-9,22H,10-12H2,1-2H3,(H,21,24);2-4,15H,5-6H2,1H3,(H,14,16). The first-order chi connectivity index (χ1) is 20.6. The Kier molecular flexibility index (Phi) is 7.25. The van der Waals surface area contributed by atoms with Crippen LogP contribution in [0.2, 0.25) is 0 Å². The number of aromatic amines is 2. The topological polar surface area (TPSA) is 139 Å². The van der Waals surface area contributed by atoms with Crippen molar-refractivity contribution in [2.45, 2.75) is 19.4 Å². The second-order valence-electron chi connectivity index (χ2n) is 11.3. The Hall–Kier alpha value is -4.93. The van der Waals surface area contributed by atoms with Gasteiger partial charge >= 0.3 is 5.97 Å². The molecule has 0 aliphatic carbocycles. The van der Waals surface area contributed by atoms with Crippen LogP contribution in [-0.4, -0.2) is 66.7 Å². The number of benzene rings is 3. The third-order valence-electron chi connectivity index (χ3n) is 7.86. The smallest absolute Gasteiger partial charge is 0.354 e. The van der Waals surface area contributed by atoms with Crippen LogP contribution in [0.1, 0.15) is 47.9 Å². The number of carbonyl (C=O) groups is 3. The number of quaternary nitrogens is 1. The average molecular weight is 580 g/mol. The van der Waals surface area contributed by atoms with Gasteiger partial charge in [0.15, 0.2) is 0 Å². The number of aromatic nitrogens is 2. The van der Waals surface area contributed by atoms with E-state index in [0.717, 1.165) is 56.2 Å². The van der Waals surface area contributed by atoms with Crippen LogP contribution in [0, 0.1) is 5.21 Å². The van der Waals surface area contributed by atoms with Crippen LogP contribution < -0.4 is 10.6 Å². The number of ether oxygens (including phenoxy) is 1. The highest BCUT2D eigenvalue weighted by molar-refractivity contribution is 6.11. The van der Waals surface area contributed by atoms with Crippen molar-refractivity contribution < 1.29 is 23.8 Å². The summed E-state index contributed by atoms with van der Waals surface area (Å²) in [6.07, 6.45) is 1.41. The lowest BCUT2D eigenvalue weighted by Gasteiger charge is -2.33. The summed E-state index contributed by atoms with van der Waals surface area (Å²) in [6.45, 7) is 1.60. The van der Waals surface area contributed by atoms with E-state index in [2.05, 4.69) is 20.6 Å².